The molecule has 1 aliphatic rings. The molecule has 0 unspecified atom stereocenters. The summed E-state index contributed by atoms with van der Waals surface area (Å²) in [5.74, 6) is -4.62. The number of hydrogen-bond donors (Lipinski definition) is 1. The SMILES string of the molecule is COc1ccc([C@@H]2[C@@H](C(=O)OC(C)(C)C)C(=O)C[C@@](C)(O)[C@@H]2C(=O)OC(C)(C)C)cc1. The minimum atomic E-state index is -1.69. The van der Waals surface area contributed by atoms with E-state index in [0.29, 0.717) is 11.3 Å². The Bertz CT molecular complexity index is 825. The van der Waals surface area contributed by atoms with Crippen molar-refractivity contribution in [3.63, 3.8) is 0 Å². The predicted molar refractivity (Wildman–Crippen MR) is 115 cm³/mol. The Hall–Kier alpha value is -2.41. The van der Waals surface area contributed by atoms with Crippen molar-refractivity contribution in [1.29, 1.82) is 0 Å². The van der Waals surface area contributed by atoms with Crippen LogP contribution in [0.3, 0.4) is 0 Å². The van der Waals surface area contributed by atoms with Gasteiger partial charge in [0.15, 0.2) is 5.78 Å². The number of aliphatic hydroxyl groups is 1. The Morgan fingerprint density at radius 2 is 1.45 bits per heavy atom. The largest absolute Gasteiger partial charge is 0.497 e. The third-order valence-electron chi connectivity index (χ3n) is 5.09. The number of Topliss-reactive ketones (excluding diaryl/α,β-unsaturated/α-hetero) is 1. The van der Waals surface area contributed by atoms with Gasteiger partial charge < -0.3 is 19.3 Å². The van der Waals surface area contributed by atoms with Crippen LogP contribution in [-0.2, 0) is 23.9 Å². The van der Waals surface area contributed by atoms with E-state index in [4.69, 9.17) is 14.2 Å². The molecule has 1 saturated carbocycles. The smallest absolute Gasteiger partial charge is 0.317 e. The van der Waals surface area contributed by atoms with Gasteiger partial charge in [-0.05, 0) is 66.2 Å². The highest BCUT2D eigenvalue weighted by Gasteiger charge is 2.57. The summed E-state index contributed by atoms with van der Waals surface area (Å²) in [6, 6.07) is 6.74. The van der Waals surface area contributed by atoms with Gasteiger partial charge in [-0.15, -0.1) is 0 Å². The molecule has 1 aliphatic carbocycles. The summed E-state index contributed by atoms with van der Waals surface area (Å²) in [5.41, 5.74) is -2.77. The normalized spacial score (nSPS) is 26.9. The van der Waals surface area contributed by atoms with Crippen LogP contribution < -0.4 is 4.74 Å². The highest BCUT2D eigenvalue weighted by molar-refractivity contribution is 6.03. The van der Waals surface area contributed by atoms with Crippen molar-refractivity contribution < 1.29 is 33.7 Å². The maximum absolute atomic E-state index is 13.2. The molecule has 1 aromatic carbocycles. The lowest BCUT2D eigenvalue weighted by Crippen LogP contribution is -2.56. The summed E-state index contributed by atoms with van der Waals surface area (Å²) in [4.78, 5) is 39.4. The lowest BCUT2D eigenvalue weighted by Gasteiger charge is -2.44. The lowest BCUT2D eigenvalue weighted by atomic mass is 9.61. The number of carbonyl (C=O) groups excluding carboxylic acids is 3. The third kappa shape index (κ3) is 6.06. The fourth-order valence-electron chi connectivity index (χ4n) is 3.97. The van der Waals surface area contributed by atoms with E-state index >= 15 is 0 Å². The standard InChI is InChI=1S/C24H34O7/c1-22(2,3)30-20(26)18-16(25)13-24(7,28)19(21(27)31-23(4,5)6)17(18)14-9-11-15(29-8)12-10-14/h9-12,17-19,28H,13H2,1-8H3/t17-,18+,19+,24-/m1/s1. The molecular weight excluding hydrogens is 400 g/mol. The first-order valence-corrected chi connectivity index (χ1v) is 10.4. The summed E-state index contributed by atoms with van der Waals surface area (Å²) < 4.78 is 16.3. The molecule has 0 aromatic heterocycles. The Morgan fingerprint density at radius 1 is 0.968 bits per heavy atom. The first-order valence-electron chi connectivity index (χ1n) is 10.4. The molecule has 2 rings (SSSR count). The van der Waals surface area contributed by atoms with Gasteiger partial charge >= 0.3 is 11.9 Å². The van der Waals surface area contributed by atoms with Gasteiger partial charge in [0.25, 0.3) is 0 Å². The summed E-state index contributed by atoms with van der Waals surface area (Å²) in [7, 11) is 1.52. The van der Waals surface area contributed by atoms with E-state index < -0.39 is 52.3 Å². The summed E-state index contributed by atoms with van der Waals surface area (Å²) in [5, 5.41) is 11.1. The highest BCUT2D eigenvalue weighted by atomic mass is 16.6. The second kappa shape index (κ2) is 8.61. The van der Waals surface area contributed by atoms with Crippen LogP contribution in [0.4, 0.5) is 0 Å². The van der Waals surface area contributed by atoms with E-state index in [1.807, 2.05) is 0 Å². The van der Waals surface area contributed by atoms with Crippen molar-refractivity contribution in [2.45, 2.75) is 77.6 Å². The average Bonchev–Trinajstić information content (AvgIpc) is 2.56. The van der Waals surface area contributed by atoms with Crippen LogP contribution in [-0.4, -0.2) is 46.7 Å². The van der Waals surface area contributed by atoms with Gasteiger partial charge in [-0.25, -0.2) is 0 Å². The van der Waals surface area contributed by atoms with Gasteiger partial charge in [0, 0.05) is 12.3 Å². The molecule has 0 spiro atoms. The molecule has 1 aromatic rings. The molecule has 0 radical (unpaired) electrons. The van der Waals surface area contributed by atoms with Crippen molar-refractivity contribution in [2.75, 3.05) is 7.11 Å². The van der Waals surface area contributed by atoms with Crippen LogP contribution in [0.1, 0.15) is 66.4 Å². The molecule has 4 atom stereocenters. The second-order valence-electron chi connectivity index (χ2n) is 10.3. The Labute approximate surface area is 184 Å². The summed E-state index contributed by atoms with van der Waals surface area (Å²) in [6.07, 6.45) is -0.354. The number of methoxy groups -OCH3 is 1. The molecule has 0 aliphatic heterocycles. The van der Waals surface area contributed by atoms with Crippen LogP contribution in [0.15, 0.2) is 24.3 Å². The number of benzene rings is 1. The van der Waals surface area contributed by atoms with Crippen LogP contribution >= 0.6 is 0 Å². The average molecular weight is 435 g/mol. The minimum Gasteiger partial charge on any atom is -0.497 e. The number of ketones is 1. The number of hydrogen-bond acceptors (Lipinski definition) is 7. The molecule has 7 heteroatoms. The van der Waals surface area contributed by atoms with E-state index in [1.165, 1.54) is 14.0 Å². The molecular formula is C24H34O7. The molecule has 0 heterocycles. The number of rotatable bonds is 4. The monoisotopic (exact) mass is 434 g/mol. The number of esters is 2. The van der Waals surface area contributed by atoms with E-state index in [0.717, 1.165) is 0 Å². The topological polar surface area (TPSA) is 99.1 Å². The van der Waals surface area contributed by atoms with Gasteiger partial charge in [-0.3, -0.25) is 14.4 Å². The van der Waals surface area contributed by atoms with E-state index in [-0.39, 0.29) is 6.42 Å². The van der Waals surface area contributed by atoms with Gasteiger partial charge in [0.1, 0.15) is 22.9 Å². The van der Waals surface area contributed by atoms with Gasteiger partial charge in [-0.2, -0.15) is 0 Å². The molecule has 0 amide bonds. The minimum absolute atomic E-state index is 0.354. The molecule has 0 bridgehead atoms. The first-order chi connectivity index (χ1) is 14.1. The molecule has 31 heavy (non-hydrogen) atoms. The predicted octanol–water partition coefficient (Wildman–Crippen LogP) is 3.42. The summed E-state index contributed by atoms with van der Waals surface area (Å²) >= 11 is 0. The number of ether oxygens (including phenoxy) is 3. The lowest BCUT2D eigenvalue weighted by molar-refractivity contribution is -0.182. The van der Waals surface area contributed by atoms with Crippen molar-refractivity contribution in [2.24, 2.45) is 11.8 Å². The molecule has 1 N–H and O–H groups in total. The molecule has 172 valence electrons. The zero-order valence-electron chi connectivity index (χ0n) is 19.6. The Kier molecular flexibility index (Phi) is 6.91. The third-order valence-corrected chi connectivity index (χ3v) is 5.09. The van der Waals surface area contributed by atoms with Crippen molar-refractivity contribution in [1.82, 2.24) is 0 Å². The number of carbonyl (C=O) groups is 3. The van der Waals surface area contributed by atoms with Gasteiger partial charge in [-0.1, -0.05) is 12.1 Å². The fraction of sp³-hybridized carbons (Fsp3) is 0.625. The highest BCUT2D eigenvalue weighted by Crippen LogP contribution is 2.47. The van der Waals surface area contributed by atoms with Gasteiger partial charge in [0.05, 0.1) is 18.6 Å². The first kappa shape index (κ1) is 24.9. The van der Waals surface area contributed by atoms with Crippen LogP contribution in [0.25, 0.3) is 0 Å². The Balaban J connectivity index is 2.63. The van der Waals surface area contributed by atoms with Crippen LogP contribution in [0, 0.1) is 11.8 Å². The van der Waals surface area contributed by atoms with Crippen molar-refractivity contribution in [3.05, 3.63) is 29.8 Å². The molecule has 1 fully saturated rings. The van der Waals surface area contributed by atoms with Crippen molar-refractivity contribution >= 4 is 17.7 Å². The van der Waals surface area contributed by atoms with E-state index in [2.05, 4.69) is 0 Å². The fourth-order valence-corrected chi connectivity index (χ4v) is 3.97. The molecule has 7 nitrogen and oxygen atoms in total. The van der Waals surface area contributed by atoms with E-state index in [9.17, 15) is 19.5 Å². The Morgan fingerprint density at radius 3 is 1.90 bits per heavy atom. The molecule has 0 saturated heterocycles. The van der Waals surface area contributed by atoms with E-state index in [1.54, 1.807) is 65.8 Å². The quantitative estimate of drug-likeness (QED) is 0.573. The maximum atomic E-state index is 13.2. The maximum Gasteiger partial charge on any atom is 0.317 e. The summed E-state index contributed by atoms with van der Waals surface area (Å²) in [6.45, 7) is 11.7. The zero-order chi connectivity index (χ0) is 23.8. The van der Waals surface area contributed by atoms with Crippen molar-refractivity contribution in [3.8, 4) is 5.75 Å². The van der Waals surface area contributed by atoms with Crippen LogP contribution in [0.5, 0.6) is 5.75 Å². The van der Waals surface area contributed by atoms with Crippen LogP contribution in [0.2, 0.25) is 0 Å². The van der Waals surface area contributed by atoms with Gasteiger partial charge in [0.2, 0.25) is 0 Å². The zero-order valence-corrected chi connectivity index (χ0v) is 19.6. The second-order valence-corrected chi connectivity index (χ2v) is 10.3.